The van der Waals surface area contributed by atoms with E-state index >= 15 is 0 Å². The molecule has 192 valence electrons. The molecule has 5 heteroatoms. The van der Waals surface area contributed by atoms with Gasteiger partial charge in [0, 0.05) is 33.9 Å². The summed E-state index contributed by atoms with van der Waals surface area (Å²) in [4.78, 5) is 12.0. The summed E-state index contributed by atoms with van der Waals surface area (Å²) in [7, 11) is 0. The standard InChI is InChI=1S/C35H26N4O/c1-24-21-25(23-27(22-24)38(26-11-3-2-4-12-26)34-17-9-10-20-36-34)30-19-18-29-28-13-5-6-14-31(28)39(35(29)37-30)32-15-7-8-16-33(32)40/h2-23,40H,1H3. The summed E-state index contributed by atoms with van der Waals surface area (Å²) in [5, 5.41) is 12.9. The van der Waals surface area contributed by atoms with E-state index in [-0.39, 0.29) is 5.75 Å². The van der Waals surface area contributed by atoms with Crippen LogP contribution in [0.4, 0.5) is 17.2 Å². The Morgan fingerprint density at radius 3 is 2.27 bits per heavy atom. The molecule has 0 saturated carbocycles. The van der Waals surface area contributed by atoms with Crippen LogP contribution in [0.25, 0.3) is 38.9 Å². The highest BCUT2D eigenvalue weighted by atomic mass is 16.3. The lowest BCUT2D eigenvalue weighted by Gasteiger charge is -2.25. The van der Waals surface area contributed by atoms with Gasteiger partial charge in [-0.3, -0.25) is 9.47 Å². The van der Waals surface area contributed by atoms with Crippen molar-refractivity contribution in [1.82, 2.24) is 14.5 Å². The molecule has 0 aliphatic rings. The van der Waals surface area contributed by atoms with Crippen LogP contribution in [0.3, 0.4) is 0 Å². The first-order valence-electron chi connectivity index (χ1n) is 13.2. The number of phenols is 1. The normalized spacial score (nSPS) is 11.2. The summed E-state index contributed by atoms with van der Waals surface area (Å²) in [6, 6.07) is 42.5. The number of nitrogens with zero attached hydrogens (tertiary/aromatic N) is 4. The molecule has 0 radical (unpaired) electrons. The molecule has 4 aromatic carbocycles. The van der Waals surface area contributed by atoms with E-state index in [9.17, 15) is 5.11 Å². The molecular weight excluding hydrogens is 492 g/mol. The Labute approximate surface area is 232 Å². The number of para-hydroxylation sites is 4. The summed E-state index contributed by atoms with van der Waals surface area (Å²) < 4.78 is 2.05. The molecular formula is C35H26N4O. The highest BCUT2D eigenvalue weighted by Crippen LogP contribution is 2.38. The Morgan fingerprint density at radius 2 is 1.45 bits per heavy atom. The highest BCUT2D eigenvalue weighted by Gasteiger charge is 2.18. The molecule has 5 nitrogen and oxygen atoms in total. The van der Waals surface area contributed by atoms with Gasteiger partial charge in [0.2, 0.25) is 0 Å². The van der Waals surface area contributed by atoms with Gasteiger partial charge in [-0.15, -0.1) is 0 Å². The van der Waals surface area contributed by atoms with E-state index < -0.39 is 0 Å². The van der Waals surface area contributed by atoms with E-state index in [2.05, 4.69) is 71.4 Å². The number of fused-ring (bicyclic) bond motifs is 3. The largest absolute Gasteiger partial charge is 0.506 e. The van der Waals surface area contributed by atoms with Crippen molar-refractivity contribution in [2.45, 2.75) is 6.92 Å². The van der Waals surface area contributed by atoms with Crippen LogP contribution in [0.1, 0.15) is 5.56 Å². The molecule has 3 heterocycles. The average Bonchev–Trinajstić information content (AvgIpc) is 3.32. The molecule has 0 aliphatic carbocycles. The Kier molecular flexibility index (Phi) is 5.75. The van der Waals surface area contributed by atoms with E-state index in [1.54, 1.807) is 6.07 Å². The van der Waals surface area contributed by atoms with Gasteiger partial charge in [-0.1, -0.05) is 54.6 Å². The number of benzene rings is 4. The van der Waals surface area contributed by atoms with Crippen molar-refractivity contribution in [1.29, 1.82) is 0 Å². The number of aromatic nitrogens is 3. The SMILES string of the molecule is Cc1cc(-c2ccc3c4ccccc4n(-c4ccccc4O)c3n2)cc(N(c2ccccc2)c2ccccn2)c1. The number of rotatable bonds is 5. The molecule has 0 fully saturated rings. The highest BCUT2D eigenvalue weighted by molar-refractivity contribution is 6.08. The number of aromatic hydroxyl groups is 1. The van der Waals surface area contributed by atoms with Crippen molar-refractivity contribution >= 4 is 39.1 Å². The lowest BCUT2D eigenvalue weighted by atomic mass is 10.0. The average molecular weight is 519 g/mol. The number of hydrogen-bond acceptors (Lipinski definition) is 4. The van der Waals surface area contributed by atoms with Crippen LogP contribution < -0.4 is 4.90 Å². The molecule has 40 heavy (non-hydrogen) atoms. The van der Waals surface area contributed by atoms with Gasteiger partial charge in [-0.2, -0.15) is 0 Å². The fraction of sp³-hybridized carbons (Fsp3) is 0.0286. The Hall–Kier alpha value is -5.42. The minimum absolute atomic E-state index is 0.212. The minimum atomic E-state index is 0.212. The van der Waals surface area contributed by atoms with Crippen LogP contribution in [0.5, 0.6) is 5.75 Å². The minimum Gasteiger partial charge on any atom is -0.506 e. The first-order valence-corrected chi connectivity index (χ1v) is 13.2. The predicted molar refractivity (Wildman–Crippen MR) is 163 cm³/mol. The topological polar surface area (TPSA) is 54.2 Å². The van der Waals surface area contributed by atoms with Gasteiger partial charge in [0.1, 0.15) is 17.2 Å². The number of hydrogen-bond donors (Lipinski definition) is 1. The van der Waals surface area contributed by atoms with Gasteiger partial charge in [0.25, 0.3) is 0 Å². The van der Waals surface area contributed by atoms with Crippen molar-refractivity contribution in [3.63, 3.8) is 0 Å². The second-order valence-electron chi connectivity index (χ2n) is 9.83. The Balaban J connectivity index is 1.44. The van der Waals surface area contributed by atoms with E-state index in [4.69, 9.17) is 4.98 Å². The van der Waals surface area contributed by atoms with Gasteiger partial charge in [0.05, 0.1) is 16.9 Å². The van der Waals surface area contributed by atoms with Gasteiger partial charge >= 0.3 is 0 Å². The predicted octanol–water partition coefficient (Wildman–Crippen LogP) is 8.72. The van der Waals surface area contributed by atoms with E-state index in [0.717, 1.165) is 55.9 Å². The molecule has 0 aliphatic heterocycles. The van der Waals surface area contributed by atoms with Crippen molar-refractivity contribution in [2.24, 2.45) is 0 Å². The molecule has 7 aromatic rings. The maximum absolute atomic E-state index is 10.8. The van der Waals surface area contributed by atoms with Crippen molar-refractivity contribution in [2.75, 3.05) is 4.90 Å². The molecule has 0 unspecified atom stereocenters. The second kappa shape index (κ2) is 9.71. The number of phenolic OH excluding ortho intramolecular Hbond substituents is 1. The fourth-order valence-corrected chi connectivity index (χ4v) is 5.41. The van der Waals surface area contributed by atoms with Crippen molar-refractivity contribution in [3.05, 3.63) is 139 Å². The summed E-state index contributed by atoms with van der Waals surface area (Å²) >= 11 is 0. The fourth-order valence-electron chi connectivity index (χ4n) is 5.41. The Bertz CT molecular complexity index is 1940. The molecule has 7 rings (SSSR count). The molecule has 0 amide bonds. The van der Waals surface area contributed by atoms with Crippen LogP contribution in [-0.4, -0.2) is 19.6 Å². The van der Waals surface area contributed by atoms with Crippen LogP contribution >= 0.6 is 0 Å². The summed E-state index contributed by atoms with van der Waals surface area (Å²) in [5.41, 5.74) is 7.51. The number of anilines is 3. The zero-order chi connectivity index (χ0) is 27.1. The van der Waals surface area contributed by atoms with E-state index in [1.165, 1.54) is 0 Å². The summed E-state index contributed by atoms with van der Waals surface area (Å²) in [6.07, 6.45) is 1.81. The van der Waals surface area contributed by atoms with Gasteiger partial charge < -0.3 is 5.11 Å². The smallest absolute Gasteiger partial charge is 0.146 e. The zero-order valence-corrected chi connectivity index (χ0v) is 21.9. The first-order chi connectivity index (χ1) is 19.7. The van der Waals surface area contributed by atoms with Crippen LogP contribution in [-0.2, 0) is 0 Å². The lowest BCUT2D eigenvalue weighted by Crippen LogP contribution is -2.11. The molecule has 0 bridgehead atoms. The molecule has 0 spiro atoms. The lowest BCUT2D eigenvalue weighted by molar-refractivity contribution is 0.473. The monoisotopic (exact) mass is 518 g/mol. The maximum atomic E-state index is 10.8. The molecule has 1 N–H and O–H groups in total. The molecule has 0 saturated heterocycles. The van der Waals surface area contributed by atoms with Crippen LogP contribution in [0, 0.1) is 6.92 Å². The van der Waals surface area contributed by atoms with Gasteiger partial charge in [0.15, 0.2) is 0 Å². The van der Waals surface area contributed by atoms with E-state index in [1.807, 2.05) is 77.5 Å². The maximum Gasteiger partial charge on any atom is 0.146 e. The Morgan fingerprint density at radius 1 is 0.675 bits per heavy atom. The zero-order valence-electron chi connectivity index (χ0n) is 21.9. The number of pyridine rings is 2. The van der Waals surface area contributed by atoms with Crippen LogP contribution in [0.15, 0.2) is 134 Å². The van der Waals surface area contributed by atoms with Gasteiger partial charge in [-0.25, -0.2) is 9.97 Å². The number of aryl methyl sites for hydroxylation is 1. The van der Waals surface area contributed by atoms with Crippen molar-refractivity contribution in [3.8, 4) is 22.7 Å². The van der Waals surface area contributed by atoms with Crippen molar-refractivity contribution < 1.29 is 5.11 Å². The van der Waals surface area contributed by atoms with Gasteiger partial charge in [-0.05, 0) is 85.3 Å². The summed E-state index contributed by atoms with van der Waals surface area (Å²) in [5.74, 6) is 1.05. The summed E-state index contributed by atoms with van der Waals surface area (Å²) in [6.45, 7) is 2.10. The van der Waals surface area contributed by atoms with Crippen LogP contribution in [0.2, 0.25) is 0 Å². The first kappa shape index (κ1) is 23.7. The third-order valence-electron chi connectivity index (χ3n) is 7.15. The third-order valence-corrected chi connectivity index (χ3v) is 7.15. The second-order valence-corrected chi connectivity index (χ2v) is 9.83. The quantitative estimate of drug-likeness (QED) is 0.248. The van der Waals surface area contributed by atoms with E-state index in [0.29, 0.717) is 5.69 Å². The third kappa shape index (κ3) is 4.05. The molecule has 0 atom stereocenters. The molecule has 3 aromatic heterocycles.